The topological polar surface area (TPSA) is 60.4 Å². The van der Waals surface area contributed by atoms with Crippen molar-refractivity contribution in [2.75, 3.05) is 5.75 Å². The number of carbonyl (C=O) groups is 1. The van der Waals surface area contributed by atoms with Crippen molar-refractivity contribution < 1.29 is 17.9 Å². The molecule has 19 heavy (non-hydrogen) atoms. The highest BCUT2D eigenvalue weighted by atomic mass is 32.2. The molecule has 0 radical (unpaired) electrons. The van der Waals surface area contributed by atoms with Gasteiger partial charge in [-0.25, -0.2) is 8.42 Å². The summed E-state index contributed by atoms with van der Waals surface area (Å²) in [6, 6.07) is 8.19. The summed E-state index contributed by atoms with van der Waals surface area (Å²) in [6.07, 6.45) is 0. The number of sulfone groups is 1. The molecule has 1 aromatic carbocycles. The Labute approximate surface area is 114 Å². The quantitative estimate of drug-likeness (QED) is 0.779. The van der Waals surface area contributed by atoms with E-state index in [9.17, 15) is 13.2 Å². The van der Waals surface area contributed by atoms with E-state index in [2.05, 4.69) is 0 Å². The second-order valence-corrected chi connectivity index (χ2v) is 7.12. The summed E-state index contributed by atoms with van der Waals surface area (Å²) in [5, 5.41) is 0. The molecule has 1 aromatic rings. The van der Waals surface area contributed by atoms with Crippen LogP contribution < -0.4 is 0 Å². The van der Waals surface area contributed by atoms with E-state index in [0.29, 0.717) is 0 Å². The van der Waals surface area contributed by atoms with E-state index in [1.165, 1.54) is 6.92 Å². The van der Waals surface area contributed by atoms with Crippen molar-refractivity contribution >= 4 is 15.8 Å². The molecule has 1 rings (SSSR count). The van der Waals surface area contributed by atoms with Crippen molar-refractivity contribution in [2.45, 2.75) is 38.2 Å². The van der Waals surface area contributed by atoms with E-state index in [4.69, 9.17) is 4.74 Å². The van der Waals surface area contributed by atoms with Gasteiger partial charge in [-0.3, -0.25) is 4.79 Å². The molecule has 0 saturated carbocycles. The zero-order valence-electron chi connectivity index (χ0n) is 11.7. The molecular formula is C14H20O4S. The van der Waals surface area contributed by atoms with Gasteiger partial charge in [-0.05, 0) is 25.0 Å². The van der Waals surface area contributed by atoms with Crippen LogP contribution in [0.2, 0.25) is 0 Å². The minimum Gasteiger partial charge on any atom is -0.458 e. The lowest BCUT2D eigenvalue weighted by Gasteiger charge is -2.32. The summed E-state index contributed by atoms with van der Waals surface area (Å²) >= 11 is 0. The summed E-state index contributed by atoms with van der Waals surface area (Å²) in [7, 11) is -3.49. The summed E-state index contributed by atoms with van der Waals surface area (Å²) in [5.41, 5.74) is -1.03. The fraction of sp³-hybridized carbons (Fsp3) is 0.500. The van der Waals surface area contributed by atoms with Crippen LogP contribution in [0.25, 0.3) is 0 Å². The Balaban J connectivity index is 3.07. The van der Waals surface area contributed by atoms with Crippen molar-refractivity contribution in [1.82, 2.24) is 0 Å². The van der Waals surface area contributed by atoms with E-state index in [-0.39, 0.29) is 16.6 Å². The molecule has 0 saturated heterocycles. The third kappa shape index (κ3) is 4.06. The van der Waals surface area contributed by atoms with Crippen LogP contribution in [0.4, 0.5) is 0 Å². The molecule has 0 aliphatic rings. The average Bonchev–Trinajstić information content (AvgIpc) is 2.28. The van der Waals surface area contributed by atoms with Crippen LogP contribution in [0.3, 0.4) is 0 Å². The lowest BCUT2D eigenvalue weighted by Crippen LogP contribution is -2.43. The van der Waals surface area contributed by atoms with Crippen LogP contribution in [0, 0.1) is 5.92 Å². The Hall–Kier alpha value is -1.36. The number of hydrogen-bond donors (Lipinski definition) is 0. The smallest absolute Gasteiger partial charge is 0.303 e. The van der Waals surface area contributed by atoms with E-state index in [0.717, 1.165) is 0 Å². The van der Waals surface area contributed by atoms with Crippen molar-refractivity contribution in [2.24, 2.45) is 5.92 Å². The Morgan fingerprint density at radius 1 is 1.26 bits per heavy atom. The monoisotopic (exact) mass is 284 g/mol. The van der Waals surface area contributed by atoms with Crippen molar-refractivity contribution in [3.63, 3.8) is 0 Å². The first-order valence-electron chi connectivity index (χ1n) is 6.15. The van der Waals surface area contributed by atoms with Crippen LogP contribution in [-0.4, -0.2) is 25.7 Å². The molecule has 1 unspecified atom stereocenters. The highest BCUT2D eigenvalue weighted by Crippen LogP contribution is 2.26. The molecule has 0 amide bonds. The number of esters is 1. The molecule has 0 heterocycles. The van der Waals surface area contributed by atoms with Gasteiger partial charge >= 0.3 is 5.97 Å². The van der Waals surface area contributed by atoms with E-state index in [1.54, 1.807) is 37.3 Å². The van der Waals surface area contributed by atoms with Gasteiger partial charge in [-0.1, -0.05) is 32.0 Å². The fourth-order valence-corrected chi connectivity index (χ4v) is 3.62. The zero-order valence-corrected chi connectivity index (χ0v) is 12.5. The van der Waals surface area contributed by atoms with Gasteiger partial charge < -0.3 is 4.74 Å². The number of rotatable bonds is 5. The maximum absolute atomic E-state index is 12.3. The normalized spacial score (nSPS) is 15.0. The first kappa shape index (κ1) is 15.7. The lowest BCUT2D eigenvalue weighted by molar-refractivity contribution is -0.157. The Kier molecular flexibility index (Phi) is 4.74. The largest absolute Gasteiger partial charge is 0.458 e. The minimum absolute atomic E-state index is 0.102. The standard InChI is InChI=1S/C14H20O4S/c1-11(2)14(4,18-12(3)15)10-19(16,17)13-8-6-5-7-9-13/h5-9,11H,10H2,1-4H3. The second-order valence-electron chi connectivity index (χ2n) is 5.13. The predicted molar refractivity (Wildman–Crippen MR) is 73.5 cm³/mol. The van der Waals surface area contributed by atoms with Gasteiger partial charge in [-0.15, -0.1) is 0 Å². The zero-order chi connectivity index (χ0) is 14.7. The number of hydrogen-bond acceptors (Lipinski definition) is 4. The molecule has 0 N–H and O–H groups in total. The first-order valence-corrected chi connectivity index (χ1v) is 7.80. The predicted octanol–water partition coefficient (Wildman–Crippen LogP) is 2.44. The van der Waals surface area contributed by atoms with Gasteiger partial charge in [0.25, 0.3) is 0 Å². The average molecular weight is 284 g/mol. The van der Waals surface area contributed by atoms with Gasteiger partial charge in [0.2, 0.25) is 0 Å². The third-order valence-corrected chi connectivity index (χ3v) is 5.12. The number of ether oxygens (including phenoxy) is 1. The molecule has 0 spiro atoms. The second kappa shape index (κ2) is 5.74. The van der Waals surface area contributed by atoms with Crippen molar-refractivity contribution in [3.05, 3.63) is 30.3 Å². The molecule has 4 nitrogen and oxygen atoms in total. The molecule has 106 valence electrons. The van der Waals surface area contributed by atoms with Crippen LogP contribution in [0.15, 0.2) is 35.2 Å². The SMILES string of the molecule is CC(=O)OC(C)(CS(=O)(=O)c1ccccc1)C(C)C. The summed E-state index contributed by atoms with van der Waals surface area (Å²) in [5.74, 6) is -0.796. The van der Waals surface area contributed by atoms with Gasteiger partial charge in [0.05, 0.1) is 10.6 Å². The summed E-state index contributed by atoms with van der Waals surface area (Å²) in [4.78, 5) is 11.4. The van der Waals surface area contributed by atoms with Gasteiger partial charge in [0.1, 0.15) is 5.60 Å². The van der Waals surface area contributed by atoms with Gasteiger partial charge in [-0.2, -0.15) is 0 Å². The van der Waals surface area contributed by atoms with Crippen LogP contribution in [-0.2, 0) is 19.4 Å². The molecule has 0 fully saturated rings. The summed E-state index contributed by atoms with van der Waals surface area (Å²) in [6.45, 7) is 6.61. The Morgan fingerprint density at radius 3 is 2.21 bits per heavy atom. The number of benzene rings is 1. The first-order chi connectivity index (χ1) is 8.67. The van der Waals surface area contributed by atoms with Crippen molar-refractivity contribution in [3.8, 4) is 0 Å². The highest BCUT2D eigenvalue weighted by molar-refractivity contribution is 7.91. The lowest BCUT2D eigenvalue weighted by atomic mass is 9.94. The maximum atomic E-state index is 12.3. The molecule has 5 heteroatoms. The van der Waals surface area contributed by atoms with E-state index >= 15 is 0 Å². The van der Waals surface area contributed by atoms with Gasteiger partial charge in [0.15, 0.2) is 9.84 Å². The van der Waals surface area contributed by atoms with Crippen molar-refractivity contribution in [1.29, 1.82) is 0 Å². The third-order valence-electron chi connectivity index (χ3n) is 3.18. The number of carbonyl (C=O) groups excluding carboxylic acids is 1. The van der Waals surface area contributed by atoms with Crippen LogP contribution in [0.1, 0.15) is 27.7 Å². The van der Waals surface area contributed by atoms with E-state index < -0.39 is 21.4 Å². The minimum atomic E-state index is -3.49. The Bertz CT molecular complexity index is 534. The van der Waals surface area contributed by atoms with Gasteiger partial charge in [0, 0.05) is 6.92 Å². The molecule has 0 aliphatic carbocycles. The molecule has 1 atom stereocenters. The molecule has 0 aliphatic heterocycles. The van der Waals surface area contributed by atoms with E-state index in [1.807, 2.05) is 13.8 Å². The fourth-order valence-electron chi connectivity index (χ4n) is 1.73. The van der Waals surface area contributed by atoms with Crippen LogP contribution >= 0.6 is 0 Å². The summed E-state index contributed by atoms with van der Waals surface area (Å²) < 4.78 is 29.9. The Morgan fingerprint density at radius 2 is 1.79 bits per heavy atom. The molecular weight excluding hydrogens is 264 g/mol. The molecule has 0 aromatic heterocycles. The highest BCUT2D eigenvalue weighted by Gasteiger charge is 2.37. The van der Waals surface area contributed by atoms with Crippen LogP contribution in [0.5, 0.6) is 0 Å². The maximum Gasteiger partial charge on any atom is 0.303 e. The molecule has 0 bridgehead atoms.